The summed E-state index contributed by atoms with van der Waals surface area (Å²) in [6, 6.07) is 0.420. The van der Waals surface area contributed by atoms with Gasteiger partial charge in [-0.3, -0.25) is 19.2 Å². The first-order valence-electron chi connectivity index (χ1n) is 8.84. The average molecular weight is 332 g/mol. The number of carbonyl (C=O) groups is 2. The van der Waals surface area contributed by atoms with Crippen molar-refractivity contribution in [2.45, 2.75) is 31.8 Å². The molecule has 3 fully saturated rings. The van der Waals surface area contributed by atoms with Crippen LogP contribution in [0.2, 0.25) is 0 Å². The molecule has 8 nitrogen and oxygen atoms in total. The highest BCUT2D eigenvalue weighted by molar-refractivity contribution is 5.89. The lowest BCUT2D eigenvalue weighted by atomic mass is 10.1. The van der Waals surface area contributed by atoms with Crippen LogP contribution in [0.1, 0.15) is 19.3 Å². The van der Waals surface area contributed by atoms with Gasteiger partial charge in [0.2, 0.25) is 11.8 Å². The van der Waals surface area contributed by atoms with E-state index in [4.69, 9.17) is 0 Å². The molecule has 1 aromatic heterocycles. The smallest absolute Gasteiger partial charge is 0.228 e. The molecule has 3 aliphatic rings. The van der Waals surface area contributed by atoms with Crippen LogP contribution < -0.4 is 0 Å². The normalized spacial score (nSPS) is 25.5. The first kappa shape index (κ1) is 15.6. The Kier molecular flexibility index (Phi) is 4.22. The zero-order valence-corrected chi connectivity index (χ0v) is 13.9. The van der Waals surface area contributed by atoms with E-state index in [1.165, 1.54) is 0 Å². The zero-order chi connectivity index (χ0) is 16.5. The Morgan fingerprint density at radius 2 is 1.96 bits per heavy atom. The van der Waals surface area contributed by atoms with Crippen molar-refractivity contribution in [2.75, 3.05) is 39.3 Å². The van der Waals surface area contributed by atoms with Gasteiger partial charge in [0.25, 0.3) is 0 Å². The SMILES string of the molecule is O=C([C@H]1CC(=O)N(C2CC2)C1)N1CCN(CCn2cncn2)CC1. The van der Waals surface area contributed by atoms with Crippen LogP contribution in [0.25, 0.3) is 0 Å². The van der Waals surface area contributed by atoms with Crippen molar-refractivity contribution in [2.24, 2.45) is 5.92 Å². The molecule has 0 radical (unpaired) electrons. The van der Waals surface area contributed by atoms with Crippen molar-refractivity contribution in [3.8, 4) is 0 Å². The van der Waals surface area contributed by atoms with Crippen LogP contribution in [0.5, 0.6) is 0 Å². The van der Waals surface area contributed by atoms with Gasteiger partial charge < -0.3 is 9.80 Å². The fraction of sp³-hybridized carbons (Fsp3) is 0.750. The average Bonchev–Trinajstić information content (AvgIpc) is 3.16. The monoisotopic (exact) mass is 332 g/mol. The van der Waals surface area contributed by atoms with Crippen molar-refractivity contribution in [3.63, 3.8) is 0 Å². The molecule has 2 saturated heterocycles. The third kappa shape index (κ3) is 3.28. The fourth-order valence-electron chi connectivity index (χ4n) is 3.68. The van der Waals surface area contributed by atoms with E-state index in [2.05, 4.69) is 15.0 Å². The number of piperazine rings is 1. The van der Waals surface area contributed by atoms with Crippen LogP contribution in [0.3, 0.4) is 0 Å². The molecule has 0 spiro atoms. The number of aromatic nitrogens is 3. The summed E-state index contributed by atoms with van der Waals surface area (Å²) < 4.78 is 1.83. The molecule has 24 heavy (non-hydrogen) atoms. The van der Waals surface area contributed by atoms with Gasteiger partial charge in [-0.05, 0) is 12.8 Å². The van der Waals surface area contributed by atoms with Crippen molar-refractivity contribution in [1.82, 2.24) is 29.5 Å². The third-order valence-electron chi connectivity index (χ3n) is 5.29. The number of hydrogen-bond donors (Lipinski definition) is 0. The van der Waals surface area contributed by atoms with Gasteiger partial charge in [-0.1, -0.05) is 0 Å². The molecule has 3 heterocycles. The van der Waals surface area contributed by atoms with Crippen molar-refractivity contribution < 1.29 is 9.59 Å². The summed E-state index contributed by atoms with van der Waals surface area (Å²) in [5.41, 5.74) is 0. The summed E-state index contributed by atoms with van der Waals surface area (Å²) in [7, 11) is 0. The maximum Gasteiger partial charge on any atom is 0.228 e. The highest BCUT2D eigenvalue weighted by Crippen LogP contribution is 2.33. The van der Waals surface area contributed by atoms with Crippen molar-refractivity contribution in [1.29, 1.82) is 0 Å². The summed E-state index contributed by atoms with van der Waals surface area (Å²) in [6.07, 6.45) is 5.89. The summed E-state index contributed by atoms with van der Waals surface area (Å²) in [5, 5.41) is 4.11. The molecular formula is C16H24N6O2. The van der Waals surface area contributed by atoms with Gasteiger partial charge in [0.05, 0.1) is 12.5 Å². The molecule has 1 atom stereocenters. The van der Waals surface area contributed by atoms with Gasteiger partial charge in [-0.15, -0.1) is 0 Å². The summed E-state index contributed by atoms with van der Waals surface area (Å²) in [5.74, 6) is 0.213. The molecule has 8 heteroatoms. The molecule has 4 rings (SSSR count). The predicted molar refractivity (Wildman–Crippen MR) is 85.9 cm³/mol. The molecule has 0 aromatic carbocycles. The van der Waals surface area contributed by atoms with Crippen LogP contribution in [0, 0.1) is 5.92 Å². The molecule has 1 aliphatic carbocycles. The van der Waals surface area contributed by atoms with Gasteiger partial charge in [0.1, 0.15) is 12.7 Å². The fourth-order valence-corrected chi connectivity index (χ4v) is 3.68. The van der Waals surface area contributed by atoms with E-state index in [9.17, 15) is 9.59 Å². The van der Waals surface area contributed by atoms with E-state index in [1.807, 2.05) is 14.5 Å². The molecule has 2 amide bonds. The minimum atomic E-state index is -0.125. The van der Waals surface area contributed by atoms with Crippen molar-refractivity contribution >= 4 is 11.8 Å². The van der Waals surface area contributed by atoms with E-state index in [1.54, 1.807) is 12.7 Å². The molecule has 0 unspecified atom stereocenters. The molecule has 0 bridgehead atoms. The molecule has 130 valence electrons. The molecule has 0 N–H and O–H groups in total. The Morgan fingerprint density at radius 3 is 2.62 bits per heavy atom. The Hall–Kier alpha value is -1.96. The van der Waals surface area contributed by atoms with E-state index in [0.717, 1.165) is 52.1 Å². The standard InChI is InChI=1S/C16H24N6O2/c23-15-9-13(10-22(15)14-1-2-14)16(24)20-6-3-19(4-7-20)5-8-21-12-17-11-18-21/h11-14H,1-10H2/t13-/m0/s1. The van der Waals surface area contributed by atoms with Crippen LogP contribution in [-0.4, -0.2) is 86.6 Å². The van der Waals surface area contributed by atoms with Gasteiger partial charge in [0.15, 0.2) is 0 Å². The minimum Gasteiger partial charge on any atom is -0.340 e. The first-order chi connectivity index (χ1) is 11.7. The van der Waals surface area contributed by atoms with Crippen LogP contribution in [-0.2, 0) is 16.1 Å². The number of carbonyl (C=O) groups excluding carboxylic acids is 2. The first-order valence-corrected chi connectivity index (χ1v) is 8.84. The van der Waals surface area contributed by atoms with Crippen molar-refractivity contribution in [3.05, 3.63) is 12.7 Å². The minimum absolute atomic E-state index is 0.125. The maximum atomic E-state index is 12.7. The Labute approximate surface area is 141 Å². The third-order valence-corrected chi connectivity index (χ3v) is 5.29. The summed E-state index contributed by atoms with van der Waals surface area (Å²) in [6.45, 7) is 5.65. The second-order valence-corrected chi connectivity index (χ2v) is 7.00. The Balaban J connectivity index is 1.23. The molecule has 1 saturated carbocycles. The zero-order valence-electron chi connectivity index (χ0n) is 13.9. The van der Waals surface area contributed by atoms with Crippen LogP contribution in [0.4, 0.5) is 0 Å². The van der Waals surface area contributed by atoms with E-state index in [-0.39, 0.29) is 17.7 Å². The largest absolute Gasteiger partial charge is 0.340 e. The highest BCUT2D eigenvalue weighted by atomic mass is 16.2. The van der Waals surface area contributed by atoms with Gasteiger partial charge in [-0.2, -0.15) is 5.10 Å². The number of rotatable bonds is 5. The second kappa shape index (κ2) is 6.51. The van der Waals surface area contributed by atoms with Gasteiger partial charge in [0, 0.05) is 51.7 Å². The second-order valence-electron chi connectivity index (χ2n) is 7.00. The number of hydrogen-bond acceptors (Lipinski definition) is 5. The lowest BCUT2D eigenvalue weighted by Crippen LogP contribution is -2.51. The molecule has 1 aromatic rings. The topological polar surface area (TPSA) is 74.6 Å². The molecule has 2 aliphatic heterocycles. The van der Waals surface area contributed by atoms with E-state index >= 15 is 0 Å². The predicted octanol–water partition coefficient (Wildman–Crippen LogP) is -0.567. The summed E-state index contributed by atoms with van der Waals surface area (Å²) >= 11 is 0. The van der Waals surface area contributed by atoms with E-state index < -0.39 is 0 Å². The number of likely N-dealkylation sites (tertiary alicyclic amines) is 1. The maximum absolute atomic E-state index is 12.7. The quantitative estimate of drug-likeness (QED) is 0.722. The van der Waals surface area contributed by atoms with Crippen LogP contribution >= 0.6 is 0 Å². The highest BCUT2D eigenvalue weighted by Gasteiger charge is 2.43. The lowest BCUT2D eigenvalue weighted by molar-refractivity contribution is -0.137. The summed E-state index contributed by atoms with van der Waals surface area (Å²) in [4.78, 5) is 34.9. The van der Waals surface area contributed by atoms with E-state index in [0.29, 0.717) is 19.0 Å². The Morgan fingerprint density at radius 1 is 1.17 bits per heavy atom. The van der Waals surface area contributed by atoms with Gasteiger partial charge >= 0.3 is 0 Å². The number of nitrogens with zero attached hydrogens (tertiary/aromatic N) is 6. The van der Waals surface area contributed by atoms with Gasteiger partial charge in [-0.25, -0.2) is 4.98 Å². The number of amides is 2. The molecular weight excluding hydrogens is 308 g/mol. The Bertz CT molecular complexity index is 592. The van der Waals surface area contributed by atoms with Crippen LogP contribution in [0.15, 0.2) is 12.7 Å². The lowest BCUT2D eigenvalue weighted by Gasteiger charge is -2.35.